The zero-order valence-corrected chi connectivity index (χ0v) is 16.0. The number of aromatic nitrogens is 2. The summed E-state index contributed by atoms with van der Waals surface area (Å²) < 4.78 is 74.7. The maximum atomic E-state index is 13.2. The van der Waals surface area contributed by atoms with Gasteiger partial charge in [-0.05, 0) is 26.3 Å². The number of halogens is 3. The molecule has 1 aromatic heterocycles. The molecule has 0 atom stereocenters. The molecular weight excluding hydrogens is 373 g/mol. The van der Waals surface area contributed by atoms with Crippen molar-refractivity contribution in [2.45, 2.75) is 64.1 Å². The van der Waals surface area contributed by atoms with Crippen molar-refractivity contribution in [2.24, 2.45) is 0 Å². The van der Waals surface area contributed by atoms with Crippen LogP contribution in [0.25, 0.3) is 0 Å². The average molecular weight is 398 g/mol. The highest BCUT2D eigenvalue weighted by molar-refractivity contribution is 7.91. The third kappa shape index (κ3) is 6.81. The number of hydrogen-bond acceptors (Lipinski definition) is 6. The van der Waals surface area contributed by atoms with Gasteiger partial charge >= 0.3 is 6.18 Å². The van der Waals surface area contributed by atoms with Crippen LogP contribution >= 0.6 is 0 Å². The largest absolute Gasteiger partial charge is 0.433 e. The van der Waals surface area contributed by atoms with Crippen molar-refractivity contribution in [3.05, 3.63) is 17.5 Å². The Hall–Kier alpha value is -1.26. The quantitative estimate of drug-likeness (QED) is 0.319. The van der Waals surface area contributed by atoms with Crippen LogP contribution in [0.2, 0.25) is 0 Å². The molecule has 0 aliphatic rings. The standard InChI is InChI=1S/C16H25F3N2O4S/c1-4-7-8-9-10-26(22,23)15-20-12(14(24-5-2)25-6-3)11-13(21-15)16(17,18)19/h11,14H,4-10H2,1-3H3. The second-order valence-electron chi connectivity index (χ2n) is 5.58. The lowest BCUT2D eigenvalue weighted by Crippen LogP contribution is -2.20. The fourth-order valence-electron chi connectivity index (χ4n) is 2.18. The Balaban J connectivity index is 3.27. The Kier molecular flexibility index (Phi) is 8.91. The summed E-state index contributed by atoms with van der Waals surface area (Å²) in [5.41, 5.74) is -1.60. The van der Waals surface area contributed by atoms with Crippen LogP contribution in [0.1, 0.15) is 64.1 Å². The molecule has 1 rings (SSSR count). The second-order valence-corrected chi connectivity index (χ2v) is 7.58. The Morgan fingerprint density at radius 3 is 2.15 bits per heavy atom. The summed E-state index contributed by atoms with van der Waals surface area (Å²) in [5, 5.41) is -0.844. The van der Waals surface area contributed by atoms with E-state index < -0.39 is 33.2 Å². The highest BCUT2D eigenvalue weighted by Crippen LogP contribution is 2.31. The van der Waals surface area contributed by atoms with Crippen LogP contribution in [0.3, 0.4) is 0 Å². The van der Waals surface area contributed by atoms with Gasteiger partial charge in [-0.2, -0.15) is 13.2 Å². The van der Waals surface area contributed by atoms with Gasteiger partial charge in [0.05, 0.1) is 5.75 Å². The molecule has 26 heavy (non-hydrogen) atoms. The molecule has 0 spiro atoms. The molecule has 0 fully saturated rings. The zero-order chi connectivity index (χ0) is 19.8. The van der Waals surface area contributed by atoms with E-state index in [1.807, 2.05) is 6.92 Å². The molecule has 0 amide bonds. The SMILES string of the molecule is CCCCCCS(=O)(=O)c1nc(C(OCC)OCC)cc(C(F)(F)F)n1. The van der Waals surface area contributed by atoms with Crippen LogP contribution in [0.4, 0.5) is 13.2 Å². The first kappa shape index (κ1) is 22.8. The molecule has 150 valence electrons. The van der Waals surface area contributed by atoms with Crippen molar-refractivity contribution >= 4 is 9.84 Å². The van der Waals surface area contributed by atoms with E-state index in [9.17, 15) is 21.6 Å². The molecule has 0 radical (unpaired) electrons. The lowest BCUT2D eigenvalue weighted by atomic mass is 10.2. The minimum atomic E-state index is -4.81. The number of nitrogens with zero attached hydrogens (tertiary/aromatic N) is 2. The first-order chi connectivity index (χ1) is 12.2. The predicted octanol–water partition coefficient (Wildman–Crippen LogP) is 3.92. The first-order valence-corrected chi connectivity index (χ1v) is 10.2. The number of hydrogen-bond donors (Lipinski definition) is 0. The number of rotatable bonds is 11. The molecule has 10 heteroatoms. The van der Waals surface area contributed by atoms with E-state index in [-0.39, 0.29) is 24.7 Å². The summed E-state index contributed by atoms with van der Waals surface area (Å²) in [7, 11) is -4.04. The maximum absolute atomic E-state index is 13.2. The van der Waals surface area contributed by atoms with Gasteiger partial charge in [0.1, 0.15) is 11.4 Å². The molecule has 0 aromatic carbocycles. The van der Waals surface area contributed by atoms with Gasteiger partial charge in [-0.15, -0.1) is 0 Å². The third-order valence-electron chi connectivity index (χ3n) is 3.44. The molecule has 1 heterocycles. The molecule has 6 nitrogen and oxygen atoms in total. The molecule has 0 N–H and O–H groups in total. The molecule has 0 aliphatic heterocycles. The summed E-state index contributed by atoms with van der Waals surface area (Å²) in [6.07, 6.45) is -3.24. The molecule has 0 saturated carbocycles. The smallest absolute Gasteiger partial charge is 0.347 e. The van der Waals surface area contributed by atoms with E-state index in [0.29, 0.717) is 18.9 Å². The topological polar surface area (TPSA) is 78.4 Å². The summed E-state index contributed by atoms with van der Waals surface area (Å²) in [5.74, 6) is -0.304. The van der Waals surface area contributed by atoms with E-state index >= 15 is 0 Å². The molecule has 0 saturated heterocycles. The first-order valence-electron chi connectivity index (χ1n) is 8.57. The molecule has 0 unspecified atom stereocenters. The van der Waals surface area contributed by atoms with Gasteiger partial charge in [0.15, 0.2) is 0 Å². The van der Waals surface area contributed by atoms with Crippen molar-refractivity contribution in [2.75, 3.05) is 19.0 Å². The summed E-state index contributed by atoms with van der Waals surface area (Å²) in [4.78, 5) is 7.05. The van der Waals surface area contributed by atoms with Crippen LogP contribution in [0.15, 0.2) is 11.2 Å². The number of alkyl halides is 3. The van der Waals surface area contributed by atoms with Crippen LogP contribution in [0, 0.1) is 0 Å². The van der Waals surface area contributed by atoms with E-state index in [2.05, 4.69) is 9.97 Å². The lowest BCUT2D eigenvalue weighted by molar-refractivity contribution is -0.148. The van der Waals surface area contributed by atoms with E-state index in [4.69, 9.17) is 9.47 Å². The van der Waals surface area contributed by atoms with Gasteiger partial charge in [-0.1, -0.05) is 26.2 Å². The summed E-state index contributed by atoms with van der Waals surface area (Å²) in [6.45, 7) is 5.58. The van der Waals surface area contributed by atoms with Crippen molar-refractivity contribution in [1.82, 2.24) is 9.97 Å². The van der Waals surface area contributed by atoms with Gasteiger partial charge < -0.3 is 9.47 Å². The van der Waals surface area contributed by atoms with Crippen molar-refractivity contribution < 1.29 is 31.1 Å². The average Bonchev–Trinajstić information content (AvgIpc) is 2.57. The predicted molar refractivity (Wildman–Crippen MR) is 89.2 cm³/mol. The zero-order valence-electron chi connectivity index (χ0n) is 15.2. The van der Waals surface area contributed by atoms with E-state index in [0.717, 1.165) is 12.8 Å². The van der Waals surface area contributed by atoms with Crippen LogP contribution < -0.4 is 0 Å². The Labute approximate surface area is 152 Å². The normalized spacial score (nSPS) is 12.7. The van der Waals surface area contributed by atoms with E-state index in [1.165, 1.54) is 0 Å². The summed E-state index contributed by atoms with van der Waals surface area (Å²) in [6, 6.07) is 0.659. The maximum Gasteiger partial charge on any atom is 0.433 e. The van der Waals surface area contributed by atoms with Crippen LogP contribution in [-0.2, 0) is 25.5 Å². The van der Waals surface area contributed by atoms with Crippen molar-refractivity contribution in [3.63, 3.8) is 0 Å². The van der Waals surface area contributed by atoms with Crippen molar-refractivity contribution in [1.29, 1.82) is 0 Å². The van der Waals surface area contributed by atoms with Crippen LogP contribution in [0.5, 0.6) is 0 Å². The second kappa shape index (κ2) is 10.2. The van der Waals surface area contributed by atoms with Gasteiger partial charge in [0, 0.05) is 13.2 Å². The monoisotopic (exact) mass is 398 g/mol. The fraction of sp³-hybridized carbons (Fsp3) is 0.750. The Morgan fingerprint density at radius 2 is 1.65 bits per heavy atom. The molecule has 0 aliphatic carbocycles. The minimum Gasteiger partial charge on any atom is -0.347 e. The molecule has 1 aromatic rings. The van der Waals surface area contributed by atoms with E-state index in [1.54, 1.807) is 13.8 Å². The number of ether oxygens (including phenoxy) is 2. The highest BCUT2D eigenvalue weighted by Gasteiger charge is 2.36. The van der Waals surface area contributed by atoms with Gasteiger partial charge in [-0.25, -0.2) is 18.4 Å². The fourth-order valence-corrected chi connectivity index (χ4v) is 3.43. The number of unbranched alkanes of at least 4 members (excludes halogenated alkanes) is 3. The highest BCUT2D eigenvalue weighted by atomic mass is 32.2. The van der Waals surface area contributed by atoms with Crippen molar-refractivity contribution in [3.8, 4) is 0 Å². The van der Waals surface area contributed by atoms with Crippen LogP contribution in [-0.4, -0.2) is 37.4 Å². The van der Waals surface area contributed by atoms with Gasteiger partial charge in [0.2, 0.25) is 21.3 Å². The van der Waals surface area contributed by atoms with Gasteiger partial charge in [-0.3, -0.25) is 0 Å². The van der Waals surface area contributed by atoms with Gasteiger partial charge in [0.25, 0.3) is 0 Å². The minimum absolute atomic E-state index is 0.162. The third-order valence-corrected chi connectivity index (χ3v) is 5.00. The Morgan fingerprint density at radius 1 is 1.04 bits per heavy atom. The summed E-state index contributed by atoms with van der Waals surface area (Å²) >= 11 is 0. The molecule has 0 bridgehead atoms. The number of sulfone groups is 1. The molecular formula is C16H25F3N2O4S. The Bertz CT molecular complexity index is 660. The lowest BCUT2D eigenvalue weighted by Gasteiger charge is -2.18.